The van der Waals surface area contributed by atoms with Gasteiger partial charge in [0.1, 0.15) is 29.3 Å². The second-order valence-electron chi connectivity index (χ2n) is 8.74. The molecule has 0 radical (unpaired) electrons. The van der Waals surface area contributed by atoms with Crippen LogP contribution in [0.5, 0.6) is 17.4 Å². The van der Waals surface area contributed by atoms with Crippen molar-refractivity contribution in [3.8, 4) is 17.4 Å². The van der Waals surface area contributed by atoms with Gasteiger partial charge in [-0.1, -0.05) is 18.5 Å². The molecule has 5 rings (SSSR count). The molecule has 3 aromatic heterocycles. The number of hydrogen-bond donors (Lipinski definition) is 2. The standard InChI is InChI=1S/C26H30ClN7O2/c1-3-33-10-12-34(13-11-33)14-15-35-26-24-22(31-32-26)8-9-28-25(24)30-19-5-7-23(21(27)16-19)36-20-6-4-18(2)29-17-20/h4-9,16-17H,3,10-15H2,1-2H3,(H,28,30)(H,31,32). The van der Waals surface area contributed by atoms with E-state index in [0.717, 1.165) is 61.6 Å². The molecule has 4 heterocycles. The molecule has 1 aliphatic rings. The molecule has 2 N–H and O–H groups in total. The molecular weight excluding hydrogens is 478 g/mol. The SMILES string of the molecule is CCN1CCN(CCOc2n[nH]c3ccnc(Nc4ccc(Oc5ccc(C)nc5)c(Cl)c4)c23)CC1. The third kappa shape index (κ3) is 5.70. The lowest BCUT2D eigenvalue weighted by Crippen LogP contribution is -2.47. The predicted molar refractivity (Wildman–Crippen MR) is 142 cm³/mol. The lowest BCUT2D eigenvalue weighted by molar-refractivity contribution is 0.120. The van der Waals surface area contributed by atoms with Crippen molar-refractivity contribution in [2.45, 2.75) is 13.8 Å². The molecule has 0 saturated carbocycles. The molecule has 1 aromatic carbocycles. The number of benzene rings is 1. The number of aromatic nitrogens is 4. The molecule has 1 aliphatic heterocycles. The molecule has 9 nitrogen and oxygen atoms in total. The number of rotatable bonds is 9. The highest BCUT2D eigenvalue weighted by Crippen LogP contribution is 2.35. The van der Waals surface area contributed by atoms with E-state index < -0.39 is 0 Å². The fraction of sp³-hybridized carbons (Fsp3) is 0.346. The Balaban J connectivity index is 1.25. The van der Waals surface area contributed by atoms with Crippen LogP contribution in [0.15, 0.2) is 48.8 Å². The van der Waals surface area contributed by atoms with Crippen LogP contribution >= 0.6 is 11.6 Å². The maximum absolute atomic E-state index is 6.51. The highest BCUT2D eigenvalue weighted by molar-refractivity contribution is 6.32. The molecule has 36 heavy (non-hydrogen) atoms. The maximum Gasteiger partial charge on any atom is 0.244 e. The van der Waals surface area contributed by atoms with Gasteiger partial charge in [-0.25, -0.2) is 4.98 Å². The van der Waals surface area contributed by atoms with E-state index in [4.69, 9.17) is 21.1 Å². The topological polar surface area (TPSA) is 91.4 Å². The van der Waals surface area contributed by atoms with Crippen molar-refractivity contribution in [2.75, 3.05) is 51.2 Å². The molecule has 4 aromatic rings. The summed E-state index contributed by atoms with van der Waals surface area (Å²) in [7, 11) is 0. The first-order valence-electron chi connectivity index (χ1n) is 12.2. The summed E-state index contributed by atoms with van der Waals surface area (Å²) in [6, 6.07) is 11.1. The first-order valence-corrected chi connectivity index (χ1v) is 12.5. The van der Waals surface area contributed by atoms with E-state index in [-0.39, 0.29) is 0 Å². The van der Waals surface area contributed by atoms with Gasteiger partial charge in [0.05, 0.1) is 16.7 Å². The van der Waals surface area contributed by atoms with Gasteiger partial charge in [-0.05, 0) is 49.9 Å². The summed E-state index contributed by atoms with van der Waals surface area (Å²) in [5, 5.41) is 12.0. The van der Waals surface area contributed by atoms with E-state index in [1.54, 1.807) is 18.5 Å². The van der Waals surface area contributed by atoms with Gasteiger partial charge in [0, 0.05) is 50.3 Å². The predicted octanol–water partition coefficient (Wildman–Crippen LogP) is 4.87. The Hall–Kier alpha value is -3.40. The number of nitrogens with one attached hydrogen (secondary N) is 2. The zero-order chi connectivity index (χ0) is 24.9. The molecular formula is C26H30ClN7O2. The second-order valence-corrected chi connectivity index (χ2v) is 9.15. The van der Waals surface area contributed by atoms with E-state index in [0.29, 0.717) is 34.8 Å². The molecule has 188 valence electrons. The number of anilines is 2. The van der Waals surface area contributed by atoms with Gasteiger partial charge in [0.25, 0.3) is 0 Å². The minimum atomic E-state index is 0.472. The van der Waals surface area contributed by atoms with Crippen LogP contribution in [-0.2, 0) is 0 Å². The van der Waals surface area contributed by atoms with E-state index in [9.17, 15) is 0 Å². The highest BCUT2D eigenvalue weighted by Gasteiger charge is 2.17. The highest BCUT2D eigenvalue weighted by atomic mass is 35.5. The third-order valence-electron chi connectivity index (χ3n) is 6.31. The molecule has 0 bridgehead atoms. The summed E-state index contributed by atoms with van der Waals surface area (Å²) in [5.74, 6) is 2.35. The molecule has 0 atom stereocenters. The summed E-state index contributed by atoms with van der Waals surface area (Å²) in [6.07, 6.45) is 3.40. The monoisotopic (exact) mass is 507 g/mol. The first-order chi connectivity index (χ1) is 17.6. The van der Waals surface area contributed by atoms with Crippen molar-refractivity contribution in [3.05, 3.63) is 59.5 Å². The Morgan fingerprint density at radius 1 is 1.06 bits per heavy atom. The number of aryl methyl sites for hydroxylation is 1. The third-order valence-corrected chi connectivity index (χ3v) is 6.60. The molecule has 0 amide bonds. The molecule has 10 heteroatoms. The average Bonchev–Trinajstić information content (AvgIpc) is 3.31. The smallest absolute Gasteiger partial charge is 0.244 e. The maximum atomic E-state index is 6.51. The molecule has 0 unspecified atom stereocenters. The van der Waals surface area contributed by atoms with Crippen LogP contribution in [0.1, 0.15) is 12.6 Å². The molecule has 0 spiro atoms. The normalized spacial score (nSPS) is 14.8. The van der Waals surface area contributed by atoms with Crippen LogP contribution < -0.4 is 14.8 Å². The minimum absolute atomic E-state index is 0.472. The first kappa shape index (κ1) is 24.3. The van der Waals surface area contributed by atoms with Crippen LogP contribution in [0, 0.1) is 6.92 Å². The number of nitrogens with zero attached hydrogens (tertiary/aromatic N) is 5. The molecule has 1 saturated heterocycles. The largest absolute Gasteiger partial charge is 0.475 e. The van der Waals surface area contributed by atoms with E-state index in [1.165, 1.54) is 0 Å². The van der Waals surface area contributed by atoms with Gasteiger partial charge in [0.2, 0.25) is 5.88 Å². The van der Waals surface area contributed by atoms with Gasteiger partial charge in [-0.15, -0.1) is 5.10 Å². The van der Waals surface area contributed by atoms with Crippen molar-refractivity contribution in [1.82, 2.24) is 30.0 Å². The van der Waals surface area contributed by atoms with Crippen LogP contribution in [-0.4, -0.2) is 75.8 Å². The number of H-pyrrole nitrogens is 1. The quantitative estimate of drug-likeness (QED) is 0.331. The number of hydrogen-bond acceptors (Lipinski definition) is 8. The fourth-order valence-corrected chi connectivity index (χ4v) is 4.40. The van der Waals surface area contributed by atoms with Crippen LogP contribution in [0.4, 0.5) is 11.5 Å². The van der Waals surface area contributed by atoms with Gasteiger partial charge in [0.15, 0.2) is 0 Å². The zero-order valence-corrected chi connectivity index (χ0v) is 21.3. The van der Waals surface area contributed by atoms with Crippen molar-refractivity contribution >= 4 is 34.0 Å². The lowest BCUT2D eigenvalue weighted by atomic mass is 10.2. The Morgan fingerprint density at radius 3 is 2.64 bits per heavy atom. The summed E-state index contributed by atoms with van der Waals surface area (Å²) in [6.45, 7) is 11.0. The van der Waals surface area contributed by atoms with Gasteiger partial charge >= 0.3 is 0 Å². The van der Waals surface area contributed by atoms with Crippen LogP contribution in [0.2, 0.25) is 5.02 Å². The van der Waals surface area contributed by atoms with Crippen LogP contribution in [0.25, 0.3) is 10.9 Å². The van der Waals surface area contributed by atoms with Gasteiger partial charge in [-0.3, -0.25) is 15.0 Å². The summed E-state index contributed by atoms with van der Waals surface area (Å²) < 4.78 is 12.0. The Labute approximate surface area is 215 Å². The average molecular weight is 508 g/mol. The van der Waals surface area contributed by atoms with Gasteiger partial charge < -0.3 is 19.7 Å². The van der Waals surface area contributed by atoms with Crippen molar-refractivity contribution < 1.29 is 9.47 Å². The van der Waals surface area contributed by atoms with Crippen LogP contribution in [0.3, 0.4) is 0 Å². The summed E-state index contributed by atoms with van der Waals surface area (Å²) in [4.78, 5) is 13.7. The molecule has 1 fully saturated rings. The van der Waals surface area contributed by atoms with E-state index >= 15 is 0 Å². The Bertz CT molecular complexity index is 1300. The number of piperazine rings is 1. The van der Waals surface area contributed by atoms with Crippen molar-refractivity contribution in [1.29, 1.82) is 0 Å². The van der Waals surface area contributed by atoms with E-state index in [2.05, 4.69) is 42.2 Å². The summed E-state index contributed by atoms with van der Waals surface area (Å²) >= 11 is 6.51. The number of aromatic amines is 1. The summed E-state index contributed by atoms with van der Waals surface area (Å²) in [5.41, 5.74) is 2.54. The number of fused-ring (bicyclic) bond motifs is 1. The number of halogens is 1. The van der Waals surface area contributed by atoms with Crippen molar-refractivity contribution in [2.24, 2.45) is 0 Å². The number of pyridine rings is 2. The van der Waals surface area contributed by atoms with Gasteiger partial charge in [-0.2, -0.15) is 0 Å². The van der Waals surface area contributed by atoms with Crippen molar-refractivity contribution in [3.63, 3.8) is 0 Å². The fourth-order valence-electron chi connectivity index (χ4n) is 4.18. The number of ether oxygens (including phenoxy) is 2. The Morgan fingerprint density at radius 2 is 1.89 bits per heavy atom. The van der Waals surface area contributed by atoms with E-state index in [1.807, 2.05) is 37.3 Å². The zero-order valence-electron chi connectivity index (χ0n) is 20.5. The molecule has 0 aliphatic carbocycles. The minimum Gasteiger partial charge on any atom is -0.475 e. The lowest BCUT2D eigenvalue weighted by Gasteiger charge is -2.33. The Kier molecular flexibility index (Phi) is 7.50. The second kappa shape index (κ2) is 11.1. The number of likely N-dealkylation sites (N-methyl/N-ethyl adjacent to an activating group) is 1.